The second-order valence-electron chi connectivity index (χ2n) is 6.06. The summed E-state index contributed by atoms with van der Waals surface area (Å²) in [5.74, 6) is 0.898. The third-order valence-corrected chi connectivity index (χ3v) is 3.15. The summed E-state index contributed by atoms with van der Waals surface area (Å²) in [6.07, 6.45) is 6.90. The van der Waals surface area contributed by atoms with E-state index in [1.165, 1.54) is 38.6 Å². The average molecular weight is 197 g/mol. The van der Waals surface area contributed by atoms with Gasteiger partial charge in [0.15, 0.2) is 0 Å². The van der Waals surface area contributed by atoms with Gasteiger partial charge < -0.3 is 5.32 Å². The first-order chi connectivity index (χ1) is 6.51. The van der Waals surface area contributed by atoms with Crippen LogP contribution in [0, 0.1) is 11.3 Å². The molecule has 1 rings (SSSR count). The Bertz CT molecular complexity index is 153. The Balaban J connectivity index is 2.10. The van der Waals surface area contributed by atoms with Gasteiger partial charge in [-0.05, 0) is 43.6 Å². The van der Waals surface area contributed by atoms with Crippen LogP contribution in [0.4, 0.5) is 0 Å². The summed E-state index contributed by atoms with van der Waals surface area (Å²) in [6, 6.07) is 0.874. The van der Waals surface area contributed by atoms with Crippen LogP contribution in [-0.4, -0.2) is 12.6 Å². The normalized spacial score (nSPS) is 19.7. The molecular weight excluding hydrogens is 170 g/mol. The molecule has 0 aromatic rings. The van der Waals surface area contributed by atoms with Crippen molar-refractivity contribution in [1.82, 2.24) is 5.32 Å². The minimum Gasteiger partial charge on any atom is -0.314 e. The number of rotatable bonds is 6. The monoisotopic (exact) mass is 197 g/mol. The highest BCUT2D eigenvalue weighted by molar-refractivity contribution is 4.81. The largest absolute Gasteiger partial charge is 0.314 e. The fourth-order valence-electron chi connectivity index (χ4n) is 1.71. The molecule has 0 aromatic heterocycles. The summed E-state index contributed by atoms with van der Waals surface area (Å²) in [7, 11) is 0. The van der Waals surface area contributed by atoms with Gasteiger partial charge in [0.25, 0.3) is 0 Å². The van der Waals surface area contributed by atoms with Crippen molar-refractivity contribution >= 4 is 0 Å². The first-order valence-electron chi connectivity index (χ1n) is 6.24. The highest BCUT2D eigenvalue weighted by Gasteiger charge is 2.22. The predicted octanol–water partition coefficient (Wildman–Crippen LogP) is 3.59. The molecule has 0 saturated heterocycles. The molecule has 1 N–H and O–H groups in total. The van der Waals surface area contributed by atoms with E-state index in [0.717, 1.165) is 12.0 Å². The van der Waals surface area contributed by atoms with Crippen LogP contribution in [0.2, 0.25) is 0 Å². The highest BCUT2D eigenvalue weighted by Crippen LogP contribution is 2.25. The Kier molecular flexibility index (Phi) is 4.43. The molecule has 1 saturated carbocycles. The van der Waals surface area contributed by atoms with Crippen LogP contribution >= 0.6 is 0 Å². The Morgan fingerprint density at radius 3 is 2.36 bits per heavy atom. The van der Waals surface area contributed by atoms with Gasteiger partial charge in [0.2, 0.25) is 0 Å². The van der Waals surface area contributed by atoms with Gasteiger partial charge in [-0.15, -0.1) is 0 Å². The number of hydrogen-bond donors (Lipinski definition) is 1. The van der Waals surface area contributed by atoms with Gasteiger partial charge in [-0.25, -0.2) is 0 Å². The summed E-state index contributed by atoms with van der Waals surface area (Å²) in [6.45, 7) is 10.6. The van der Waals surface area contributed by atoms with Crippen molar-refractivity contribution in [2.75, 3.05) is 6.54 Å². The Hall–Kier alpha value is -0.0400. The predicted molar refractivity (Wildman–Crippen MR) is 63.5 cm³/mol. The topological polar surface area (TPSA) is 12.0 Å². The zero-order valence-corrected chi connectivity index (χ0v) is 10.4. The SMILES string of the molecule is CCC(CCC(C)(C)C)CNC1CC1. The van der Waals surface area contributed by atoms with Gasteiger partial charge in [0.05, 0.1) is 0 Å². The summed E-state index contributed by atoms with van der Waals surface area (Å²) in [5, 5.41) is 3.64. The molecule has 0 aromatic carbocycles. The van der Waals surface area contributed by atoms with E-state index in [0.29, 0.717) is 5.41 Å². The average Bonchev–Trinajstić information content (AvgIpc) is 2.86. The molecule has 84 valence electrons. The summed E-state index contributed by atoms with van der Waals surface area (Å²) in [4.78, 5) is 0. The molecule has 1 aliphatic rings. The second kappa shape index (κ2) is 5.16. The van der Waals surface area contributed by atoms with Crippen molar-refractivity contribution in [3.63, 3.8) is 0 Å². The van der Waals surface area contributed by atoms with E-state index in [1.807, 2.05) is 0 Å². The first-order valence-corrected chi connectivity index (χ1v) is 6.24. The van der Waals surface area contributed by atoms with Crippen molar-refractivity contribution in [1.29, 1.82) is 0 Å². The summed E-state index contributed by atoms with van der Waals surface area (Å²) in [5.41, 5.74) is 0.507. The van der Waals surface area contributed by atoms with Crippen LogP contribution in [0.1, 0.15) is 59.8 Å². The maximum absolute atomic E-state index is 3.64. The van der Waals surface area contributed by atoms with Gasteiger partial charge in [-0.1, -0.05) is 34.1 Å². The fourth-order valence-corrected chi connectivity index (χ4v) is 1.71. The van der Waals surface area contributed by atoms with Gasteiger partial charge in [-0.2, -0.15) is 0 Å². The third-order valence-electron chi connectivity index (χ3n) is 3.15. The molecule has 0 bridgehead atoms. The summed E-state index contributed by atoms with van der Waals surface area (Å²) < 4.78 is 0. The molecule has 1 unspecified atom stereocenters. The molecule has 0 radical (unpaired) electrons. The molecule has 0 amide bonds. The minimum atomic E-state index is 0.507. The zero-order valence-electron chi connectivity index (χ0n) is 10.4. The van der Waals surface area contributed by atoms with E-state index in [9.17, 15) is 0 Å². The van der Waals surface area contributed by atoms with E-state index < -0.39 is 0 Å². The lowest BCUT2D eigenvalue weighted by Crippen LogP contribution is -2.25. The maximum atomic E-state index is 3.64. The molecule has 1 fully saturated rings. The van der Waals surface area contributed by atoms with Gasteiger partial charge in [-0.3, -0.25) is 0 Å². The van der Waals surface area contributed by atoms with E-state index in [2.05, 4.69) is 33.0 Å². The van der Waals surface area contributed by atoms with Gasteiger partial charge in [0, 0.05) is 6.04 Å². The highest BCUT2D eigenvalue weighted by atomic mass is 14.9. The van der Waals surface area contributed by atoms with Gasteiger partial charge >= 0.3 is 0 Å². The van der Waals surface area contributed by atoms with Crippen LogP contribution in [-0.2, 0) is 0 Å². The van der Waals surface area contributed by atoms with Crippen molar-refractivity contribution < 1.29 is 0 Å². The Morgan fingerprint density at radius 2 is 1.93 bits per heavy atom. The van der Waals surface area contributed by atoms with E-state index >= 15 is 0 Å². The Labute approximate surface area is 89.7 Å². The lowest BCUT2D eigenvalue weighted by molar-refractivity contribution is 0.310. The van der Waals surface area contributed by atoms with E-state index in [1.54, 1.807) is 0 Å². The second-order valence-corrected chi connectivity index (χ2v) is 6.06. The fraction of sp³-hybridized carbons (Fsp3) is 1.00. The third kappa shape index (κ3) is 5.64. The minimum absolute atomic E-state index is 0.507. The molecule has 0 heterocycles. The van der Waals surface area contributed by atoms with Crippen LogP contribution in [0.25, 0.3) is 0 Å². The van der Waals surface area contributed by atoms with E-state index in [-0.39, 0.29) is 0 Å². The smallest absolute Gasteiger partial charge is 0.00683 e. The molecule has 0 aliphatic heterocycles. The lowest BCUT2D eigenvalue weighted by Gasteiger charge is -2.22. The van der Waals surface area contributed by atoms with Crippen LogP contribution in [0.5, 0.6) is 0 Å². The van der Waals surface area contributed by atoms with Crippen LogP contribution in [0.15, 0.2) is 0 Å². The standard InChI is InChI=1S/C13H27N/c1-5-11(8-9-13(2,3)4)10-14-12-6-7-12/h11-12,14H,5-10H2,1-4H3. The molecule has 0 spiro atoms. The zero-order chi connectivity index (χ0) is 10.6. The molecular formula is C13H27N. The maximum Gasteiger partial charge on any atom is 0.00683 e. The van der Waals surface area contributed by atoms with Crippen molar-refractivity contribution in [3.05, 3.63) is 0 Å². The summed E-state index contributed by atoms with van der Waals surface area (Å²) >= 11 is 0. The Morgan fingerprint density at radius 1 is 1.29 bits per heavy atom. The molecule has 1 aliphatic carbocycles. The molecule has 1 atom stereocenters. The van der Waals surface area contributed by atoms with E-state index in [4.69, 9.17) is 0 Å². The lowest BCUT2D eigenvalue weighted by atomic mass is 9.86. The number of hydrogen-bond acceptors (Lipinski definition) is 1. The quantitative estimate of drug-likeness (QED) is 0.686. The van der Waals surface area contributed by atoms with Crippen molar-refractivity contribution in [2.45, 2.75) is 65.8 Å². The molecule has 14 heavy (non-hydrogen) atoms. The van der Waals surface area contributed by atoms with Gasteiger partial charge in [0.1, 0.15) is 0 Å². The van der Waals surface area contributed by atoms with Crippen LogP contribution < -0.4 is 5.32 Å². The number of nitrogens with one attached hydrogen (secondary N) is 1. The van der Waals surface area contributed by atoms with Crippen molar-refractivity contribution in [3.8, 4) is 0 Å². The van der Waals surface area contributed by atoms with Crippen LogP contribution in [0.3, 0.4) is 0 Å². The first kappa shape index (κ1) is 12.0. The molecule has 1 heteroatoms. The molecule has 1 nitrogen and oxygen atoms in total. The van der Waals surface area contributed by atoms with Crippen molar-refractivity contribution in [2.24, 2.45) is 11.3 Å².